The molecule has 0 atom stereocenters. The smallest absolute Gasteiger partial charge is 0.451 e. The van der Waals surface area contributed by atoms with Gasteiger partial charge in [-0.2, -0.15) is 13.2 Å². The molecule has 1 aromatic rings. The maximum atomic E-state index is 12.3. The van der Waals surface area contributed by atoms with E-state index >= 15 is 0 Å². The molecule has 0 radical (unpaired) electrons. The Morgan fingerprint density at radius 1 is 1.29 bits per heavy atom. The molecule has 0 spiro atoms. The highest BCUT2D eigenvalue weighted by molar-refractivity contribution is 5.65. The van der Waals surface area contributed by atoms with Crippen LogP contribution in [0.1, 0.15) is 17.8 Å². The Kier molecular flexibility index (Phi) is 4.12. The SMILES string of the molecule is O=C(O)N1CC=C(C#Cc2cnc(C(F)(F)F)nc2)CC1. The van der Waals surface area contributed by atoms with Gasteiger partial charge in [0, 0.05) is 31.1 Å². The number of carbonyl (C=O) groups is 1. The number of aromatic nitrogens is 2. The van der Waals surface area contributed by atoms with Gasteiger partial charge in [-0.25, -0.2) is 14.8 Å². The van der Waals surface area contributed by atoms with Gasteiger partial charge < -0.3 is 10.0 Å². The highest BCUT2D eigenvalue weighted by Gasteiger charge is 2.34. The number of amides is 1. The Balaban J connectivity index is 2.05. The van der Waals surface area contributed by atoms with E-state index < -0.39 is 18.1 Å². The second kappa shape index (κ2) is 5.83. The molecule has 0 saturated carbocycles. The van der Waals surface area contributed by atoms with Crippen LogP contribution < -0.4 is 0 Å². The second-order valence-electron chi connectivity index (χ2n) is 4.25. The standard InChI is InChI=1S/C13H10F3N3O2/c14-13(15,16)11-17-7-10(8-18-11)2-1-9-3-5-19(6-4-9)12(20)21/h3,7-8H,4-6H2,(H,20,21). The molecule has 1 amide bonds. The topological polar surface area (TPSA) is 66.3 Å². The molecule has 1 N–H and O–H groups in total. The lowest BCUT2D eigenvalue weighted by molar-refractivity contribution is -0.145. The van der Waals surface area contributed by atoms with Crippen molar-refractivity contribution in [2.24, 2.45) is 0 Å². The number of rotatable bonds is 0. The second-order valence-corrected chi connectivity index (χ2v) is 4.25. The van der Waals surface area contributed by atoms with E-state index in [0.29, 0.717) is 13.0 Å². The zero-order valence-corrected chi connectivity index (χ0v) is 10.7. The fourth-order valence-electron chi connectivity index (χ4n) is 1.65. The van der Waals surface area contributed by atoms with Crippen LogP contribution in [-0.4, -0.2) is 39.2 Å². The molecular formula is C13H10F3N3O2. The fraction of sp³-hybridized carbons (Fsp3) is 0.308. The van der Waals surface area contributed by atoms with Gasteiger partial charge in [0.25, 0.3) is 0 Å². The highest BCUT2D eigenvalue weighted by atomic mass is 19.4. The van der Waals surface area contributed by atoms with Crippen LogP contribution in [0.5, 0.6) is 0 Å². The van der Waals surface area contributed by atoms with Crippen LogP contribution in [0.25, 0.3) is 0 Å². The lowest BCUT2D eigenvalue weighted by Gasteiger charge is -2.21. The van der Waals surface area contributed by atoms with Crippen LogP contribution >= 0.6 is 0 Å². The number of hydrogen-bond donors (Lipinski definition) is 1. The molecule has 0 aromatic carbocycles. The molecule has 0 unspecified atom stereocenters. The summed E-state index contributed by atoms with van der Waals surface area (Å²) in [6.45, 7) is 0.599. The molecule has 0 aliphatic carbocycles. The average molecular weight is 297 g/mol. The van der Waals surface area contributed by atoms with Crippen molar-refractivity contribution in [1.29, 1.82) is 0 Å². The average Bonchev–Trinajstić information content (AvgIpc) is 2.45. The third kappa shape index (κ3) is 3.95. The normalized spacial score (nSPS) is 15.0. The highest BCUT2D eigenvalue weighted by Crippen LogP contribution is 2.25. The predicted molar refractivity (Wildman–Crippen MR) is 66.2 cm³/mol. The summed E-state index contributed by atoms with van der Waals surface area (Å²) < 4.78 is 36.8. The van der Waals surface area contributed by atoms with Gasteiger partial charge in [0.1, 0.15) is 0 Å². The summed E-state index contributed by atoms with van der Waals surface area (Å²) in [7, 11) is 0. The summed E-state index contributed by atoms with van der Waals surface area (Å²) in [6, 6.07) is 0. The van der Waals surface area contributed by atoms with E-state index in [1.807, 2.05) is 0 Å². The van der Waals surface area contributed by atoms with Gasteiger partial charge in [0.15, 0.2) is 0 Å². The molecule has 110 valence electrons. The third-order valence-electron chi connectivity index (χ3n) is 2.75. The molecule has 2 heterocycles. The maximum absolute atomic E-state index is 12.3. The summed E-state index contributed by atoms with van der Waals surface area (Å²) in [5, 5.41) is 8.78. The first-order chi connectivity index (χ1) is 9.86. The molecule has 8 heteroatoms. The first kappa shape index (κ1) is 14.8. The quantitative estimate of drug-likeness (QED) is 0.745. The summed E-state index contributed by atoms with van der Waals surface area (Å²) in [6.07, 6.45) is -1.39. The molecule has 1 aliphatic rings. The van der Waals surface area contributed by atoms with Crippen molar-refractivity contribution >= 4 is 6.09 Å². The van der Waals surface area contributed by atoms with Gasteiger partial charge in [-0.15, -0.1) is 0 Å². The number of nitrogens with zero attached hydrogens (tertiary/aromatic N) is 3. The van der Waals surface area contributed by atoms with Crippen LogP contribution in [0, 0.1) is 11.8 Å². The molecule has 0 bridgehead atoms. The Morgan fingerprint density at radius 2 is 1.95 bits per heavy atom. The fourth-order valence-corrected chi connectivity index (χ4v) is 1.65. The summed E-state index contributed by atoms with van der Waals surface area (Å²) >= 11 is 0. The van der Waals surface area contributed by atoms with Crippen molar-refractivity contribution in [3.63, 3.8) is 0 Å². The van der Waals surface area contributed by atoms with E-state index in [2.05, 4.69) is 21.8 Å². The predicted octanol–water partition coefficient (Wildman–Crippen LogP) is 2.16. The van der Waals surface area contributed by atoms with Crippen molar-refractivity contribution in [3.05, 3.63) is 35.4 Å². The molecule has 1 aliphatic heterocycles. The zero-order chi connectivity index (χ0) is 15.5. The largest absolute Gasteiger partial charge is 0.465 e. The summed E-state index contributed by atoms with van der Waals surface area (Å²) in [5.41, 5.74) is 1.01. The van der Waals surface area contributed by atoms with Crippen LogP contribution in [0.3, 0.4) is 0 Å². The molecular weight excluding hydrogens is 287 g/mol. The van der Waals surface area contributed by atoms with Crippen LogP contribution in [0.2, 0.25) is 0 Å². The molecule has 0 fully saturated rings. The minimum absolute atomic E-state index is 0.253. The molecule has 0 saturated heterocycles. The maximum Gasteiger partial charge on any atom is 0.451 e. The molecule has 1 aromatic heterocycles. The van der Waals surface area contributed by atoms with Crippen LogP contribution in [0.15, 0.2) is 24.0 Å². The van der Waals surface area contributed by atoms with E-state index in [1.165, 1.54) is 4.90 Å². The van der Waals surface area contributed by atoms with Gasteiger partial charge in [0.2, 0.25) is 5.82 Å². The molecule has 2 rings (SSSR count). The van der Waals surface area contributed by atoms with Gasteiger partial charge in [-0.05, 0) is 6.42 Å². The van der Waals surface area contributed by atoms with Gasteiger partial charge in [-0.1, -0.05) is 17.9 Å². The van der Waals surface area contributed by atoms with Crippen molar-refractivity contribution in [2.45, 2.75) is 12.6 Å². The van der Waals surface area contributed by atoms with E-state index in [-0.39, 0.29) is 12.1 Å². The van der Waals surface area contributed by atoms with Crippen molar-refractivity contribution < 1.29 is 23.1 Å². The van der Waals surface area contributed by atoms with Crippen molar-refractivity contribution in [3.8, 4) is 11.8 Å². The van der Waals surface area contributed by atoms with Gasteiger partial charge >= 0.3 is 12.3 Å². The first-order valence-electron chi connectivity index (χ1n) is 5.94. The van der Waals surface area contributed by atoms with Gasteiger partial charge in [-0.3, -0.25) is 0 Å². The molecule has 21 heavy (non-hydrogen) atoms. The summed E-state index contributed by atoms with van der Waals surface area (Å²) in [4.78, 5) is 18.4. The third-order valence-corrected chi connectivity index (χ3v) is 2.75. The van der Waals surface area contributed by atoms with E-state index in [0.717, 1.165) is 18.0 Å². The Labute approximate surface area is 118 Å². The van der Waals surface area contributed by atoms with Crippen LogP contribution in [-0.2, 0) is 6.18 Å². The number of carboxylic acid groups (broad SMARTS) is 1. The number of hydrogen-bond acceptors (Lipinski definition) is 3. The lowest BCUT2D eigenvalue weighted by Crippen LogP contribution is -2.33. The monoisotopic (exact) mass is 297 g/mol. The van der Waals surface area contributed by atoms with Crippen molar-refractivity contribution in [2.75, 3.05) is 13.1 Å². The van der Waals surface area contributed by atoms with E-state index in [9.17, 15) is 18.0 Å². The number of halogens is 3. The van der Waals surface area contributed by atoms with E-state index in [4.69, 9.17) is 5.11 Å². The number of alkyl halides is 3. The Morgan fingerprint density at radius 3 is 2.43 bits per heavy atom. The Hall–Kier alpha value is -2.56. The van der Waals surface area contributed by atoms with Crippen molar-refractivity contribution in [1.82, 2.24) is 14.9 Å². The van der Waals surface area contributed by atoms with Gasteiger partial charge in [0.05, 0.1) is 5.56 Å². The zero-order valence-electron chi connectivity index (χ0n) is 10.7. The first-order valence-corrected chi connectivity index (χ1v) is 5.94. The lowest BCUT2D eigenvalue weighted by atomic mass is 10.1. The van der Waals surface area contributed by atoms with E-state index in [1.54, 1.807) is 6.08 Å². The summed E-state index contributed by atoms with van der Waals surface area (Å²) in [5.74, 6) is 4.24. The minimum atomic E-state index is -4.57. The van der Waals surface area contributed by atoms with Crippen LogP contribution in [0.4, 0.5) is 18.0 Å². The Bertz CT molecular complexity index is 627. The minimum Gasteiger partial charge on any atom is -0.465 e. The molecule has 5 nitrogen and oxygen atoms in total.